The number of hydrogen-bond acceptors (Lipinski definition) is 0. The van der Waals surface area contributed by atoms with Gasteiger partial charge in [-0.1, -0.05) is 60.5 Å². The van der Waals surface area contributed by atoms with Gasteiger partial charge in [-0.3, -0.25) is 0 Å². The van der Waals surface area contributed by atoms with E-state index in [1.165, 1.54) is 30.4 Å². The monoisotopic (exact) mass is 266 g/mol. The van der Waals surface area contributed by atoms with Gasteiger partial charge in [0.1, 0.15) is 0 Å². The van der Waals surface area contributed by atoms with Gasteiger partial charge in [-0.2, -0.15) is 0 Å². The summed E-state index contributed by atoms with van der Waals surface area (Å²) in [5.74, 6) is 1.51. The van der Waals surface area contributed by atoms with Gasteiger partial charge in [0, 0.05) is 4.83 Å². The number of benzene rings is 1. The van der Waals surface area contributed by atoms with Crippen LogP contribution in [0.2, 0.25) is 0 Å². The minimum absolute atomic E-state index is 0.576. The Kier molecular flexibility index (Phi) is 3.50. The Bertz CT molecular complexity index is 309. The lowest BCUT2D eigenvalue weighted by atomic mass is 9.80. The molecule has 2 rings (SSSR count). The maximum Gasteiger partial charge on any atom is 0.0423 e. The van der Waals surface area contributed by atoms with Crippen molar-refractivity contribution >= 4 is 15.9 Å². The molecule has 0 N–H and O–H groups in total. The van der Waals surface area contributed by atoms with Gasteiger partial charge in [-0.25, -0.2) is 0 Å². The van der Waals surface area contributed by atoms with Gasteiger partial charge < -0.3 is 0 Å². The summed E-state index contributed by atoms with van der Waals surface area (Å²) in [6.45, 7) is 4.49. The fraction of sp³-hybridized carbons (Fsp3) is 0.571. The van der Waals surface area contributed by atoms with Crippen LogP contribution in [0.25, 0.3) is 0 Å². The zero-order valence-electron chi connectivity index (χ0n) is 9.54. The fourth-order valence-corrected chi connectivity index (χ4v) is 2.90. The summed E-state index contributed by atoms with van der Waals surface area (Å²) in [6.07, 6.45) is 4.19. The molecule has 0 amide bonds. The van der Waals surface area contributed by atoms with E-state index in [9.17, 15) is 0 Å². The molecule has 1 aromatic rings. The van der Waals surface area contributed by atoms with E-state index in [1.54, 1.807) is 0 Å². The van der Waals surface area contributed by atoms with Crippen molar-refractivity contribution in [1.82, 2.24) is 0 Å². The molecule has 0 unspecified atom stereocenters. The van der Waals surface area contributed by atoms with Crippen LogP contribution in [0.4, 0.5) is 0 Å². The number of alkyl halides is 1. The van der Waals surface area contributed by atoms with Crippen LogP contribution in [0.15, 0.2) is 24.3 Å². The Morgan fingerprint density at radius 3 is 2.00 bits per heavy atom. The molecule has 1 fully saturated rings. The summed E-state index contributed by atoms with van der Waals surface area (Å²) in [5, 5.41) is 0. The minimum atomic E-state index is 0.576. The summed E-state index contributed by atoms with van der Waals surface area (Å²) in [7, 11) is 0. The molecule has 15 heavy (non-hydrogen) atoms. The number of hydrogen-bond donors (Lipinski definition) is 0. The normalized spacial score (nSPS) is 18.9. The number of halogens is 1. The first-order chi connectivity index (χ1) is 7.18. The van der Waals surface area contributed by atoms with Crippen molar-refractivity contribution < 1.29 is 0 Å². The van der Waals surface area contributed by atoms with Gasteiger partial charge in [0.05, 0.1) is 0 Å². The zero-order chi connectivity index (χ0) is 10.8. The predicted molar refractivity (Wildman–Crippen MR) is 69.5 cm³/mol. The molecule has 1 aromatic carbocycles. The largest absolute Gasteiger partial charge is 0.0836 e. The Morgan fingerprint density at radius 2 is 1.60 bits per heavy atom. The van der Waals surface area contributed by atoms with Crippen LogP contribution in [0.1, 0.15) is 55.0 Å². The maximum atomic E-state index is 3.82. The van der Waals surface area contributed by atoms with Gasteiger partial charge in [0.2, 0.25) is 0 Å². The molecular weight excluding hydrogens is 248 g/mol. The van der Waals surface area contributed by atoms with Crippen LogP contribution in [0, 0.1) is 5.92 Å². The third kappa shape index (κ3) is 2.44. The van der Waals surface area contributed by atoms with E-state index in [0.29, 0.717) is 10.7 Å². The molecule has 0 heterocycles. The highest BCUT2D eigenvalue weighted by atomic mass is 79.9. The molecule has 1 aliphatic rings. The predicted octanol–water partition coefficient (Wildman–Crippen LogP) is 5.05. The molecule has 82 valence electrons. The van der Waals surface area contributed by atoms with Gasteiger partial charge in [-0.15, -0.1) is 0 Å². The van der Waals surface area contributed by atoms with Crippen molar-refractivity contribution in [2.45, 2.75) is 43.9 Å². The first-order valence-electron chi connectivity index (χ1n) is 5.92. The van der Waals surface area contributed by atoms with Crippen LogP contribution in [0.3, 0.4) is 0 Å². The van der Waals surface area contributed by atoms with E-state index >= 15 is 0 Å². The lowest BCUT2D eigenvalue weighted by molar-refractivity contribution is 0.312. The Balaban J connectivity index is 2.08. The van der Waals surface area contributed by atoms with Crippen LogP contribution < -0.4 is 0 Å². The van der Waals surface area contributed by atoms with Crippen LogP contribution in [-0.4, -0.2) is 0 Å². The van der Waals surface area contributed by atoms with Gasteiger partial charge in [0.25, 0.3) is 0 Å². The van der Waals surface area contributed by atoms with Gasteiger partial charge >= 0.3 is 0 Å². The van der Waals surface area contributed by atoms with Crippen molar-refractivity contribution in [3.63, 3.8) is 0 Å². The molecule has 0 spiro atoms. The zero-order valence-corrected chi connectivity index (χ0v) is 11.1. The highest BCUT2D eigenvalue weighted by Crippen LogP contribution is 2.43. The summed E-state index contributed by atoms with van der Waals surface area (Å²) in [4.78, 5) is 0.576. The van der Waals surface area contributed by atoms with E-state index in [1.807, 2.05) is 0 Å². The molecule has 0 bridgehead atoms. The van der Waals surface area contributed by atoms with E-state index < -0.39 is 0 Å². The number of rotatable bonds is 3. The topological polar surface area (TPSA) is 0 Å². The average Bonchev–Trinajstić information content (AvgIpc) is 2.15. The molecule has 1 heteroatoms. The summed E-state index contributed by atoms with van der Waals surface area (Å²) < 4.78 is 0. The molecule has 0 aliphatic heterocycles. The van der Waals surface area contributed by atoms with Crippen molar-refractivity contribution in [3.8, 4) is 0 Å². The van der Waals surface area contributed by atoms with E-state index in [0.717, 1.165) is 5.92 Å². The molecule has 0 radical (unpaired) electrons. The van der Waals surface area contributed by atoms with Crippen molar-refractivity contribution in [1.29, 1.82) is 0 Å². The Hall–Kier alpha value is -0.300. The Labute approximate surface area is 101 Å². The molecular formula is C14H19Br. The first kappa shape index (κ1) is 11.2. The molecule has 1 aliphatic carbocycles. The van der Waals surface area contributed by atoms with Crippen molar-refractivity contribution in [2.75, 3.05) is 0 Å². The van der Waals surface area contributed by atoms with Crippen LogP contribution >= 0.6 is 15.9 Å². The maximum absolute atomic E-state index is 3.82. The highest BCUT2D eigenvalue weighted by Gasteiger charge is 2.26. The second kappa shape index (κ2) is 4.69. The second-order valence-electron chi connectivity index (χ2n) is 4.91. The van der Waals surface area contributed by atoms with Crippen molar-refractivity contribution in [2.24, 2.45) is 5.92 Å². The first-order valence-corrected chi connectivity index (χ1v) is 6.84. The fourth-order valence-electron chi connectivity index (χ4n) is 2.07. The molecule has 1 atom stereocenters. The minimum Gasteiger partial charge on any atom is -0.0836 e. The van der Waals surface area contributed by atoms with E-state index in [2.05, 4.69) is 54.0 Å². The standard InChI is InChI=1S/C14H19Br/c1-10(2)11-6-8-13(9-7-11)14(15)12-4-3-5-12/h6-10,12,14H,3-5H2,1-2H3/t14-/m0/s1. The molecule has 0 aromatic heterocycles. The average molecular weight is 267 g/mol. The molecule has 0 nitrogen and oxygen atoms in total. The Morgan fingerprint density at radius 1 is 1.07 bits per heavy atom. The molecule has 1 saturated carbocycles. The van der Waals surface area contributed by atoms with E-state index in [-0.39, 0.29) is 0 Å². The summed E-state index contributed by atoms with van der Waals surface area (Å²) in [6, 6.07) is 9.11. The summed E-state index contributed by atoms with van der Waals surface area (Å²) in [5.41, 5.74) is 2.89. The highest BCUT2D eigenvalue weighted by molar-refractivity contribution is 9.09. The van der Waals surface area contributed by atoms with Crippen LogP contribution in [0.5, 0.6) is 0 Å². The lowest BCUT2D eigenvalue weighted by Crippen LogP contribution is -2.16. The van der Waals surface area contributed by atoms with Crippen molar-refractivity contribution in [3.05, 3.63) is 35.4 Å². The SMILES string of the molecule is CC(C)c1ccc([C@@H](Br)C2CCC2)cc1. The van der Waals surface area contributed by atoms with Crippen LogP contribution in [-0.2, 0) is 0 Å². The third-order valence-electron chi connectivity index (χ3n) is 3.49. The smallest absolute Gasteiger partial charge is 0.0423 e. The lowest BCUT2D eigenvalue weighted by Gasteiger charge is -2.30. The second-order valence-corrected chi connectivity index (χ2v) is 5.90. The quantitative estimate of drug-likeness (QED) is 0.672. The van der Waals surface area contributed by atoms with Gasteiger partial charge in [0.15, 0.2) is 0 Å². The van der Waals surface area contributed by atoms with E-state index in [4.69, 9.17) is 0 Å². The summed E-state index contributed by atoms with van der Waals surface area (Å²) >= 11 is 3.82. The third-order valence-corrected chi connectivity index (χ3v) is 4.76. The van der Waals surface area contributed by atoms with Gasteiger partial charge in [-0.05, 0) is 35.8 Å². The molecule has 0 saturated heterocycles.